The molecule has 0 unspecified atom stereocenters. The summed E-state index contributed by atoms with van der Waals surface area (Å²) in [6, 6.07) is 0. The van der Waals surface area contributed by atoms with Crippen LogP contribution in [0, 0.1) is 40.4 Å². The molecule has 2 heteroatoms. The molecule has 0 heterocycles. The van der Waals surface area contributed by atoms with E-state index in [4.69, 9.17) is 0 Å². The zero-order valence-electron chi connectivity index (χ0n) is 20.1. The van der Waals surface area contributed by atoms with Gasteiger partial charge in [-0.1, -0.05) is 70.1 Å². The van der Waals surface area contributed by atoms with E-state index in [2.05, 4.69) is 65.8 Å². The molecular formula is C28H44O2. The van der Waals surface area contributed by atoms with E-state index < -0.39 is 5.60 Å². The second-order valence-corrected chi connectivity index (χ2v) is 12.1. The molecule has 3 saturated carbocycles. The van der Waals surface area contributed by atoms with Crippen molar-refractivity contribution in [1.82, 2.24) is 0 Å². The quantitative estimate of drug-likeness (QED) is 0.521. The van der Waals surface area contributed by atoms with E-state index in [1.807, 2.05) is 0 Å². The van der Waals surface area contributed by atoms with Gasteiger partial charge in [-0.3, -0.25) is 0 Å². The molecule has 0 aliphatic heterocycles. The van der Waals surface area contributed by atoms with Crippen LogP contribution in [0.3, 0.4) is 0 Å². The Morgan fingerprint density at radius 1 is 1.03 bits per heavy atom. The van der Waals surface area contributed by atoms with Gasteiger partial charge in [-0.25, -0.2) is 0 Å². The summed E-state index contributed by atoms with van der Waals surface area (Å²) in [6.45, 7) is 13.7. The molecule has 0 spiro atoms. The first kappa shape index (κ1) is 22.3. The van der Waals surface area contributed by atoms with Crippen molar-refractivity contribution in [3.63, 3.8) is 0 Å². The summed E-state index contributed by atoms with van der Waals surface area (Å²) in [6.07, 6.45) is 16.7. The molecule has 0 aromatic rings. The van der Waals surface area contributed by atoms with Gasteiger partial charge in [-0.15, -0.1) is 0 Å². The highest BCUT2D eigenvalue weighted by Gasteiger charge is 2.59. The normalized spacial score (nSPS) is 44.0. The number of hydrogen-bond acceptors (Lipinski definition) is 2. The zero-order valence-corrected chi connectivity index (χ0v) is 20.1. The highest BCUT2D eigenvalue weighted by Crippen LogP contribution is 2.66. The van der Waals surface area contributed by atoms with Gasteiger partial charge in [0.1, 0.15) is 0 Å². The molecule has 4 aliphatic carbocycles. The molecule has 3 fully saturated rings. The molecule has 4 aliphatic rings. The van der Waals surface area contributed by atoms with Crippen molar-refractivity contribution < 1.29 is 10.2 Å². The second-order valence-electron chi connectivity index (χ2n) is 12.1. The lowest BCUT2D eigenvalue weighted by Gasteiger charge is -2.55. The van der Waals surface area contributed by atoms with E-state index in [0.717, 1.165) is 25.7 Å². The van der Waals surface area contributed by atoms with E-state index in [0.29, 0.717) is 29.6 Å². The Morgan fingerprint density at radius 3 is 2.47 bits per heavy atom. The number of allylic oxidation sites excluding steroid dienone is 4. The van der Waals surface area contributed by atoms with Crippen LogP contribution in [-0.4, -0.2) is 21.9 Å². The highest BCUT2D eigenvalue weighted by molar-refractivity contribution is 5.39. The average Bonchev–Trinajstić information content (AvgIpc) is 3.04. The van der Waals surface area contributed by atoms with Gasteiger partial charge in [-0.05, 0) is 92.3 Å². The van der Waals surface area contributed by atoms with E-state index in [-0.39, 0.29) is 16.9 Å². The SMILES string of the molecule is CC(C)[C@@H](C)/C=C/[C@@](C)(O)[C@@H]1CC[C@H]2C3=CC=C4C[C@@H](O)CC[C@@]4(C)[C@@H]3CC[C@@]12C. The molecule has 0 saturated heterocycles. The molecule has 168 valence electrons. The van der Waals surface area contributed by atoms with Crippen molar-refractivity contribution in [2.45, 2.75) is 98.2 Å². The van der Waals surface area contributed by atoms with Gasteiger partial charge in [-0.2, -0.15) is 0 Å². The molecule has 0 aromatic heterocycles. The zero-order chi connectivity index (χ0) is 21.9. The maximum atomic E-state index is 11.6. The largest absolute Gasteiger partial charge is 0.393 e. The van der Waals surface area contributed by atoms with Crippen molar-refractivity contribution >= 4 is 0 Å². The molecule has 0 amide bonds. The first-order chi connectivity index (χ1) is 14.0. The third-order valence-electron chi connectivity index (χ3n) is 10.0. The smallest absolute Gasteiger partial charge is 0.0833 e. The fourth-order valence-electron chi connectivity index (χ4n) is 7.63. The van der Waals surface area contributed by atoms with Crippen LogP contribution in [0.1, 0.15) is 86.5 Å². The summed E-state index contributed by atoms with van der Waals surface area (Å²) in [5.41, 5.74) is 2.80. The Labute approximate surface area is 184 Å². The van der Waals surface area contributed by atoms with Crippen LogP contribution in [-0.2, 0) is 0 Å². The summed E-state index contributed by atoms with van der Waals surface area (Å²) < 4.78 is 0. The van der Waals surface area contributed by atoms with Crippen molar-refractivity contribution in [2.24, 2.45) is 40.4 Å². The van der Waals surface area contributed by atoms with Crippen LogP contribution in [0.4, 0.5) is 0 Å². The number of aliphatic hydroxyl groups excluding tert-OH is 1. The summed E-state index contributed by atoms with van der Waals surface area (Å²) in [5.74, 6) is 2.62. The van der Waals surface area contributed by atoms with Crippen LogP contribution in [0.25, 0.3) is 0 Å². The third kappa shape index (κ3) is 3.47. The van der Waals surface area contributed by atoms with E-state index in [1.54, 1.807) is 5.57 Å². The molecule has 0 aromatic carbocycles. The van der Waals surface area contributed by atoms with Gasteiger partial charge in [0, 0.05) is 0 Å². The van der Waals surface area contributed by atoms with Crippen LogP contribution >= 0.6 is 0 Å². The summed E-state index contributed by atoms with van der Waals surface area (Å²) in [4.78, 5) is 0. The lowest BCUT2D eigenvalue weighted by atomic mass is 9.49. The summed E-state index contributed by atoms with van der Waals surface area (Å²) >= 11 is 0. The lowest BCUT2D eigenvalue weighted by molar-refractivity contribution is -0.0363. The monoisotopic (exact) mass is 412 g/mol. The molecule has 2 nitrogen and oxygen atoms in total. The standard InChI is InChI=1S/C28H44O2/c1-18(2)19(3)11-16-28(6,30)25-10-9-23-22-8-7-20-17-21(29)12-14-26(20,4)24(22)13-15-27(23,25)5/h7-8,11,16,18-19,21,23-25,29-30H,9-10,12-15,17H2,1-6H3/b16-11+/t19-,21-,23-,24+,25+,26+,27+,28+/m0/s1. The van der Waals surface area contributed by atoms with E-state index in [1.165, 1.54) is 24.8 Å². The third-order valence-corrected chi connectivity index (χ3v) is 10.0. The van der Waals surface area contributed by atoms with Gasteiger partial charge < -0.3 is 10.2 Å². The van der Waals surface area contributed by atoms with E-state index >= 15 is 0 Å². The number of aliphatic hydroxyl groups is 2. The molecular weight excluding hydrogens is 368 g/mol. The van der Waals surface area contributed by atoms with Crippen LogP contribution in [0.2, 0.25) is 0 Å². The maximum absolute atomic E-state index is 11.6. The molecule has 0 bridgehead atoms. The van der Waals surface area contributed by atoms with Gasteiger partial charge in [0.25, 0.3) is 0 Å². The van der Waals surface area contributed by atoms with Gasteiger partial charge in [0.05, 0.1) is 11.7 Å². The number of rotatable bonds is 4. The first-order valence-electron chi connectivity index (χ1n) is 12.5. The van der Waals surface area contributed by atoms with Gasteiger partial charge in [0.2, 0.25) is 0 Å². The molecule has 30 heavy (non-hydrogen) atoms. The lowest BCUT2D eigenvalue weighted by Crippen LogP contribution is -2.49. The minimum absolute atomic E-state index is 0.154. The number of fused-ring (bicyclic) bond motifs is 5. The van der Waals surface area contributed by atoms with Crippen LogP contribution in [0.5, 0.6) is 0 Å². The molecule has 8 atom stereocenters. The predicted octanol–water partition coefficient (Wildman–Crippen LogP) is 6.45. The molecule has 2 N–H and O–H groups in total. The summed E-state index contributed by atoms with van der Waals surface area (Å²) in [7, 11) is 0. The van der Waals surface area contributed by atoms with Crippen LogP contribution < -0.4 is 0 Å². The Morgan fingerprint density at radius 2 is 1.77 bits per heavy atom. The van der Waals surface area contributed by atoms with Gasteiger partial charge >= 0.3 is 0 Å². The topological polar surface area (TPSA) is 40.5 Å². The van der Waals surface area contributed by atoms with Crippen molar-refractivity contribution in [1.29, 1.82) is 0 Å². The molecule has 4 rings (SSSR count). The molecule has 0 radical (unpaired) electrons. The predicted molar refractivity (Wildman–Crippen MR) is 125 cm³/mol. The fraction of sp³-hybridized carbons (Fsp3) is 0.786. The van der Waals surface area contributed by atoms with Crippen molar-refractivity contribution in [3.8, 4) is 0 Å². The van der Waals surface area contributed by atoms with Gasteiger partial charge in [0.15, 0.2) is 0 Å². The summed E-state index contributed by atoms with van der Waals surface area (Å²) in [5, 5.41) is 21.8. The van der Waals surface area contributed by atoms with Crippen molar-refractivity contribution in [3.05, 3.63) is 35.5 Å². The Balaban J connectivity index is 1.61. The Bertz CT molecular complexity index is 757. The number of hydrogen-bond donors (Lipinski definition) is 2. The van der Waals surface area contributed by atoms with E-state index in [9.17, 15) is 10.2 Å². The maximum Gasteiger partial charge on any atom is 0.0833 e. The highest BCUT2D eigenvalue weighted by atomic mass is 16.3. The van der Waals surface area contributed by atoms with Crippen molar-refractivity contribution in [2.75, 3.05) is 0 Å². The average molecular weight is 413 g/mol. The van der Waals surface area contributed by atoms with Crippen LogP contribution in [0.15, 0.2) is 35.5 Å². The minimum Gasteiger partial charge on any atom is -0.393 e. The first-order valence-corrected chi connectivity index (χ1v) is 12.5. The Kier molecular flexibility index (Phi) is 5.68. The Hall–Kier alpha value is -0.860. The second kappa shape index (κ2) is 7.62. The minimum atomic E-state index is -0.742. The fourth-order valence-corrected chi connectivity index (χ4v) is 7.63.